The van der Waals surface area contributed by atoms with Crippen LogP contribution in [0, 0.1) is 0 Å². The van der Waals surface area contributed by atoms with Crippen molar-refractivity contribution in [2.45, 2.75) is 38.6 Å². The highest BCUT2D eigenvalue weighted by atomic mass is 32.2. The standard InChI is InChI=1S/C19H28N2O3S/c1-19(2,3)16-6-4-15(5-7-16)18(22)21-11-9-20(10-12-21)17-8-13-25(23,24)14-17/h4-7,17H,8-14H2,1-3H3/t17-/m0/s1. The van der Waals surface area contributed by atoms with Crippen molar-refractivity contribution in [1.82, 2.24) is 9.80 Å². The highest BCUT2D eigenvalue weighted by Gasteiger charge is 2.34. The van der Waals surface area contributed by atoms with Crippen LogP contribution in [0.15, 0.2) is 24.3 Å². The number of carbonyl (C=O) groups excluding carboxylic acids is 1. The first-order chi connectivity index (χ1) is 11.7. The molecule has 3 rings (SSSR count). The van der Waals surface area contributed by atoms with Crippen molar-refractivity contribution in [2.24, 2.45) is 0 Å². The molecule has 1 atom stereocenters. The Kier molecular flexibility index (Phi) is 4.95. The average Bonchev–Trinajstić information content (AvgIpc) is 2.94. The fourth-order valence-corrected chi connectivity index (χ4v) is 5.41. The highest BCUT2D eigenvalue weighted by Crippen LogP contribution is 2.23. The van der Waals surface area contributed by atoms with E-state index >= 15 is 0 Å². The molecule has 2 heterocycles. The summed E-state index contributed by atoms with van der Waals surface area (Å²) in [5.41, 5.74) is 2.02. The van der Waals surface area contributed by atoms with E-state index in [4.69, 9.17) is 0 Å². The van der Waals surface area contributed by atoms with Crippen LogP contribution in [-0.4, -0.2) is 67.9 Å². The zero-order chi connectivity index (χ0) is 18.2. The van der Waals surface area contributed by atoms with Crippen LogP contribution in [0.2, 0.25) is 0 Å². The highest BCUT2D eigenvalue weighted by molar-refractivity contribution is 7.91. The summed E-state index contributed by atoms with van der Waals surface area (Å²) < 4.78 is 23.3. The third kappa shape index (κ3) is 4.23. The van der Waals surface area contributed by atoms with Crippen LogP contribution in [0.4, 0.5) is 0 Å². The topological polar surface area (TPSA) is 57.7 Å². The predicted molar refractivity (Wildman–Crippen MR) is 99.7 cm³/mol. The van der Waals surface area contributed by atoms with Gasteiger partial charge in [0.2, 0.25) is 0 Å². The molecule has 1 aromatic carbocycles. The molecule has 0 aliphatic carbocycles. The van der Waals surface area contributed by atoms with Crippen molar-refractivity contribution in [3.63, 3.8) is 0 Å². The second-order valence-corrected chi connectivity index (χ2v) is 10.4. The quantitative estimate of drug-likeness (QED) is 0.805. The van der Waals surface area contributed by atoms with Gasteiger partial charge in [-0.05, 0) is 29.5 Å². The zero-order valence-corrected chi connectivity index (χ0v) is 16.2. The minimum absolute atomic E-state index is 0.0687. The fraction of sp³-hybridized carbons (Fsp3) is 0.632. The third-order valence-electron chi connectivity index (χ3n) is 5.32. The van der Waals surface area contributed by atoms with Gasteiger partial charge in [0.1, 0.15) is 0 Å². The van der Waals surface area contributed by atoms with E-state index in [1.165, 1.54) is 5.56 Å². The second kappa shape index (κ2) is 6.72. The molecule has 25 heavy (non-hydrogen) atoms. The number of carbonyl (C=O) groups is 1. The van der Waals surface area contributed by atoms with Gasteiger partial charge in [-0.1, -0.05) is 32.9 Å². The van der Waals surface area contributed by atoms with Crippen LogP contribution in [-0.2, 0) is 15.3 Å². The van der Waals surface area contributed by atoms with Crippen molar-refractivity contribution < 1.29 is 13.2 Å². The Hall–Kier alpha value is -1.40. The lowest BCUT2D eigenvalue weighted by Gasteiger charge is -2.37. The summed E-state index contributed by atoms with van der Waals surface area (Å²) in [7, 11) is -2.86. The molecule has 0 aromatic heterocycles. The lowest BCUT2D eigenvalue weighted by molar-refractivity contribution is 0.0588. The van der Waals surface area contributed by atoms with Gasteiger partial charge in [-0.3, -0.25) is 9.69 Å². The molecule has 0 unspecified atom stereocenters. The summed E-state index contributed by atoms with van der Waals surface area (Å²) in [5, 5.41) is 0. The van der Waals surface area contributed by atoms with E-state index in [9.17, 15) is 13.2 Å². The van der Waals surface area contributed by atoms with Crippen molar-refractivity contribution in [2.75, 3.05) is 37.7 Å². The number of hydrogen-bond acceptors (Lipinski definition) is 4. The van der Waals surface area contributed by atoms with E-state index < -0.39 is 9.84 Å². The first-order valence-corrected chi connectivity index (χ1v) is 10.8. The first-order valence-electron chi connectivity index (χ1n) is 9.00. The molecule has 0 radical (unpaired) electrons. The van der Waals surface area contributed by atoms with Gasteiger partial charge in [-0.2, -0.15) is 0 Å². The van der Waals surface area contributed by atoms with Crippen molar-refractivity contribution >= 4 is 15.7 Å². The molecule has 1 amide bonds. The maximum absolute atomic E-state index is 12.7. The molecule has 6 heteroatoms. The van der Waals surface area contributed by atoms with E-state index in [1.54, 1.807) is 0 Å². The van der Waals surface area contributed by atoms with Gasteiger partial charge >= 0.3 is 0 Å². The molecule has 0 N–H and O–H groups in total. The third-order valence-corrected chi connectivity index (χ3v) is 7.07. The maximum Gasteiger partial charge on any atom is 0.253 e. The summed E-state index contributed by atoms with van der Waals surface area (Å²) in [6, 6.07) is 8.03. The van der Waals surface area contributed by atoms with Crippen LogP contribution < -0.4 is 0 Å². The predicted octanol–water partition coefficient (Wildman–Crippen LogP) is 1.93. The fourth-order valence-electron chi connectivity index (χ4n) is 3.65. The normalized spacial score (nSPS) is 24.4. The molecule has 1 aromatic rings. The summed E-state index contributed by atoms with van der Waals surface area (Å²) >= 11 is 0. The number of hydrogen-bond donors (Lipinski definition) is 0. The molecule has 2 saturated heterocycles. The molecule has 0 bridgehead atoms. The molecule has 0 spiro atoms. The van der Waals surface area contributed by atoms with Gasteiger partial charge in [0.05, 0.1) is 11.5 Å². The van der Waals surface area contributed by atoms with Gasteiger partial charge in [0.25, 0.3) is 5.91 Å². The molecule has 2 aliphatic heterocycles. The zero-order valence-electron chi connectivity index (χ0n) is 15.4. The molecular weight excluding hydrogens is 336 g/mol. The van der Waals surface area contributed by atoms with Crippen LogP contribution in [0.3, 0.4) is 0 Å². The van der Waals surface area contributed by atoms with Crippen LogP contribution in [0.1, 0.15) is 43.1 Å². The Morgan fingerprint density at radius 3 is 2.12 bits per heavy atom. The molecule has 0 saturated carbocycles. The minimum Gasteiger partial charge on any atom is -0.336 e. The second-order valence-electron chi connectivity index (χ2n) is 8.21. The maximum atomic E-state index is 12.7. The first kappa shape index (κ1) is 18.4. The van der Waals surface area contributed by atoms with Crippen LogP contribution >= 0.6 is 0 Å². The number of sulfone groups is 1. The number of piperazine rings is 1. The van der Waals surface area contributed by atoms with Crippen molar-refractivity contribution in [3.8, 4) is 0 Å². The summed E-state index contributed by atoms with van der Waals surface area (Å²) in [4.78, 5) is 16.8. The monoisotopic (exact) mass is 364 g/mol. The van der Waals surface area contributed by atoms with E-state index in [1.807, 2.05) is 29.2 Å². The van der Waals surface area contributed by atoms with E-state index in [2.05, 4.69) is 25.7 Å². The summed E-state index contributed by atoms with van der Waals surface area (Å²) in [5.74, 6) is 0.644. The Bertz CT molecular complexity index is 727. The number of nitrogens with zero attached hydrogens (tertiary/aromatic N) is 2. The van der Waals surface area contributed by atoms with E-state index in [-0.39, 0.29) is 23.1 Å². The molecule has 2 aliphatic rings. The van der Waals surface area contributed by atoms with E-state index in [0.29, 0.717) is 18.8 Å². The average molecular weight is 365 g/mol. The van der Waals surface area contributed by atoms with Crippen LogP contribution in [0.5, 0.6) is 0 Å². The summed E-state index contributed by atoms with van der Waals surface area (Å²) in [6.07, 6.45) is 0.727. The Morgan fingerprint density at radius 2 is 1.64 bits per heavy atom. The molecule has 5 nitrogen and oxygen atoms in total. The lowest BCUT2D eigenvalue weighted by atomic mass is 9.86. The van der Waals surface area contributed by atoms with Gasteiger partial charge in [-0.25, -0.2) is 8.42 Å². The number of amides is 1. The number of rotatable bonds is 2. The van der Waals surface area contributed by atoms with Gasteiger partial charge in [0.15, 0.2) is 9.84 Å². The van der Waals surface area contributed by atoms with E-state index in [0.717, 1.165) is 25.1 Å². The molecular formula is C19H28N2O3S. The van der Waals surface area contributed by atoms with Crippen molar-refractivity contribution in [3.05, 3.63) is 35.4 Å². The minimum atomic E-state index is -2.86. The SMILES string of the molecule is CC(C)(C)c1ccc(C(=O)N2CCN([C@H]3CCS(=O)(=O)C3)CC2)cc1. The number of benzene rings is 1. The Balaban J connectivity index is 1.58. The van der Waals surface area contributed by atoms with Crippen LogP contribution in [0.25, 0.3) is 0 Å². The Labute approximate surface area is 150 Å². The van der Waals surface area contributed by atoms with Gasteiger partial charge in [0, 0.05) is 37.8 Å². The Morgan fingerprint density at radius 1 is 1.04 bits per heavy atom. The van der Waals surface area contributed by atoms with Gasteiger partial charge in [-0.15, -0.1) is 0 Å². The smallest absolute Gasteiger partial charge is 0.253 e. The summed E-state index contributed by atoms with van der Waals surface area (Å²) in [6.45, 7) is 9.32. The molecule has 138 valence electrons. The van der Waals surface area contributed by atoms with Crippen molar-refractivity contribution in [1.29, 1.82) is 0 Å². The molecule has 2 fully saturated rings. The van der Waals surface area contributed by atoms with Gasteiger partial charge < -0.3 is 4.90 Å². The lowest BCUT2D eigenvalue weighted by Crippen LogP contribution is -2.52. The largest absolute Gasteiger partial charge is 0.336 e.